The van der Waals surface area contributed by atoms with Gasteiger partial charge >= 0.3 is 0 Å². The highest BCUT2D eigenvalue weighted by Gasteiger charge is 2.07. The van der Waals surface area contributed by atoms with Gasteiger partial charge in [0, 0.05) is 0 Å². The molecule has 2 unspecified atom stereocenters. The highest BCUT2D eigenvalue weighted by Crippen LogP contribution is 2.23. The molecule has 14 heavy (non-hydrogen) atoms. The van der Waals surface area contributed by atoms with Gasteiger partial charge in [-0.05, 0) is 51.4 Å². The van der Waals surface area contributed by atoms with Crippen LogP contribution in [-0.2, 0) is 0 Å². The lowest BCUT2D eigenvalue weighted by Crippen LogP contribution is -1.82. The van der Waals surface area contributed by atoms with E-state index in [0.717, 1.165) is 11.8 Å². The molecular weight excluding hydrogens is 168 g/mol. The zero-order valence-electron chi connectivity index (χ0n) is 10.1. The first-order valence-corrected chi connectivity index (χ1v) is 5.89. The largest absolute Gasteiger partial charge is 0.0853 e. The van der Waals surface area contributed by atoms with Crippen LogP contribution in [0.25, 0.3) is 0 Å². The fourth-order valence-corrected chi connectivity index (χ4v) is 2.24. The van der Waals surface area contributed by atoms with E-state index >= 15 is 0 Å². The van der Waals surface area contributed by atoms with Crippen molar-refractivity contribution < 1.29 is 0 Å². The maximum atomic E-state index is 2.34. The summed E-state index contributed by atoms with van der Waals surface area (Å²) < 4.78 is 0. The van der Waals surface area contributed by atoms with Crippen LogP contribution < -0.4 is 0 Å². The maximum absolute atomic E-state index is 2.34. The summed E-state index contributed by atoms with van der Waals surface area (Å²) in [6, 6.07) is 0. The van der Waals surface area contributed by atoms with Crippen molar-refractivity contribution in [3.05, 3.63) is 23.3 Å². The minimum absolute atomic E-state index is 0.931. The molecule has 0 fully saturated rings. The maximum Gasteiger partial charge on any atom is -0.0294 e. The Morgan fingerprint density at radius 2 is 1.21 bits per heavy atom. The van der Waals surface area contributed by atoms with E-state index in [0.29, 0.717) is 0 Å². The predicted octanol–water partition coefficient (Wildman–Crippen LogP) is 4.73. The summed E-state index contributed by atoms with van der Waals surface area (Å²) >= 11 is 0. The van der Waals surface area contributed by atoms with Crippen LogP contribution in [0.4, 0.5) is 0 Å². The van der Waals surface area contributed by atoms with Gasteiger partial charge in [0.2, 0.25) is 0 Å². The Morgan fingerprint density at radius 3 is 1.29 bits per heavy atom. The summed E-state index contributed by atoms with van der Waals surface area (Å²) in [6.45, 7) is 9.02. The van der Waals surface area contributed by atoms with Crippen LogP contribution >= 0.6 is 0 Å². The highest BCUT2D eigenvalue weighted by atomic mass is 14.1. The highest BCUT2D eigenvalue weighted by molar-refractivity contribution is 5.06. The van der Waals surface area contributed by atoms with Gasteiger partial charge in [-0.2, -0.15) is 0 Å². The minimum atomic E-state index is 0.931. The number of allylic oxidation sites excluding steroid dienone is 4. The molecule has 0 amide bonds. The third-order valence-corrected chi connectivity index (χ3v) is 3.08. The Morgan fingerprint density at radius 1 is 0.857 bits per heavy atom. The summed E-state index contributed by atoms with van der Waals surface area (Å²) in [5.41, 5.74) is 3.15. The van der Waals surface area contributed by atoms with E-state index in [4.69, 9.17) is 0 Å². The van der Waals surface area contributed by atoms with Gasteiger partial charge in [0.25, 0.3) is 0 Å². The first-order valence-electron chi connectivity index (χ1n) is 5.89. The van der Waals surface area contributed by atoms with Crippen LogP contribution in [0, 0.1) is 11.8 Å². The summed E-state index contributed by atoms with van der Waals surface area (Å²) in [5.74, 6) is 1.86. The topological polar surface area (TPSA) is 0 Å². The van der Waals surface area contributed by atoms with Crippen LogP contribution in [0.15, 0.2) is 23.3 Å². The minimum Gasteiger partial charge on any atom is -0.0853 e. The molecule has 2 atom stereocenters. The van der Waals surface area contributed by atoms with E-state index in [1.807, 2.05) is 0 Å². The predicted molar refractivity (Wildman–Crippen MR) is 64.3 cm³/mol. The van der Waals surface area contributed by atoms with Gasteiger partial charge in [0.15, 0.2) is 0 Å². The molecule has 0 aromatic rings. The Kier molecular flexibility index (Phi) is 4.44. The van der Waals surface area contributed by atoms with Crippen LogP contribution in [0.3, 0.4) is 0 Å². The molecule has 0 nitrogen and oxygen atoms in total. The molecule has 0 saturated carbocycles. The zero-order chi connectivity index (χ0) is 10.6. The van der Waals surface area contributed by atoms with Crippen molar-refractivity contribution in [2.45, 2.75) is 53.4 Å². The summed E-state index contributed by atoms with van der Waals surface area (Å²) in [7, 11) is 0. The second-order valence-corrected chi connectivity index (χ2v) is 5.19. The Balaban J connectivity index is 0.000000140. The fourth-order valence-electron chi connectivity index (χ4n) is 2.24. The molecule has 80 valence electrons. The normalized spacial score (nSPS) is 30.6. The summed E-state index contributed by atoms with van der Waals surface area (Å²) in [6.07, 6.45) is 9.97. The molecule has 2 aliphatic rings. The van der Waals surface area contributed by atoms with E-state index in [2.05, 4.69) is 39.8 Å². The van der Waals surface area contributed by atoms with Crippen molar-refractivity contribution in [2.75, 3.05) is 0 Å². The van der Waals surface area contributed by atoms with Gasteiger partial charge in [-0.1, -0.05) is 37.1 Å². The van der Waals surface area contributed by atoms with Crippen molar-refractivity contribution in [1.82, 2.24) is 0 Å². The van der Waals surface area contributed by atoms with Gasteiger partial charge in [0.1, 0.15) is 0 Å². The van der Waals surface area contributed by atoms with E-state index in [1.165, 1.54) is 25.7 Å². The van der Waals surface area contributed by atoms with Crippen molar-refractivity contribution in [3.63, 3.8) is 0 Å². The van der Waals surface area contributed by atoms with E-state index in [-0.39, 0.29) is 0 Å². The van der Waals surface area contributed by atoms with Gasteiger partial charge in [-0.25, -0.2) is 0 Å². The second-order valence-electron chi connectivity index (χ2n) is 5.19. The molecular formula is C14H24. The molecule has 0 saturated heterocycles. The molecule has 0 N–H and O–H groups in total. The SMILES string of the molecule is CC1=CCC(C)C1.CC1=CCC(C)C1. The molecule has 2 aliphatic carbocycles. The smallest absolute Gasteiger partial charge is 0.0294 e. The summed E-state index contributed by atoms with van der Waals surface area (Å²) in [5, 5.41) is 0. The molecule has 0 aliphatic heterocycles. The monoisotopic (exact) mass is 192 g/mol. The number of rotatable bonds is 0. The summed E-state index contributed by atoms with van der Waals surface area (Å²) in [4.78, 5) is 0. The Labute approximate surface area is 89.1 Å². The van der Waals surface area contributed by atoms with Crippen molar-refractivity contribution in [2.24, 2.45) is 11.8 Å². The third-order valence-electron chi connectivity index (χ3n) is 3.08. The lowest BCUT2D eigenvalue weighted by molar-refractivity contribution is 0.628. The van der Waals surface area contributed by atoms with Crippen LogP contribution in [0.5, 0.6) is 0 Å². The average molecular weight is 192 g/mol. The van der Waals surface area contributed by atoms with Gasteiger partial charge in [-0.3, -0.25) is 0 Å². The second kappa shape index (κ2) is 5.38. The van der Waals surface area contributed by atoms with Crippen molar-refractivity contribution in [3.8, 4) is 0 Å². The lowest BCUT2D eigenvalue weighted by Gasteiger charge is -1.95. The Hall–Kier alpha value is -0.520. The lowest BCUT2D eigenvalue weighted by atomic mass is 10.1. The van der Waals surface area contributed by atoms with Crippen molar-refractivity contribution in [1.29, 1.82) is 0 Å². The fraction of sp³-hybridized carbons (Fsp3) is 0.714. The number of hydrogen-bond acceptors (Lipinski definition) is 0. The molecule has 0 bridgehead atoms. The van der Waals surface area contributed by atoms with Gasteiger partial charge in [0.05, 0.1) is 0 Å². The van der Waals surface area contributed by atoms with Crippen LogP contribution in [-0.4, -0.2) is 0 Å². The van der Waals surface area contributed by atoms with Crippen LogP contribution in [0.1, 0.15) is 53.4 Å². The van der Waals surface area contributed by atoms with Crippen LogP contribution in [0.2, 0.25) is 0 Å². The number of hydrogen-bond donors (Lipinski definition) is 0. The first kappa shape index (κ1) is 11.6. The van der Waals surface area contributed by atoms with Gasteiger partial charge < -0.3 is 0 Å². The zero-order valence-corrected chi connectivity index (χ0v) is 10.1. The van der Waals surface area contributed by atoms with Gasteiger partial charge in [-0.15, -0.1) is 0 Å². The Bertz CT molecular complexity index is 206. The quantitative estimate of drug-likeness (QED) is 0.487. The average Bonchev–Trinajstić information content (AvgIpc) is 2.63. The molecule has 0 heteroatoms. The first-order chi connectivity index (χ1) is 6.58. The van der Waals surface area contributed by atoms with Crippen molar-refractivity contribution >= 4 is 0 Å². The van der Waals surface area contributed by atoms with E-state index in [1.54, 1.807) is 11.1 Å². The molecule has 0 radical (unpaired) electrons. The van der Waals surface area contributed by atoms with E-state index in [9.17, 15) is 0 Å². The molecule has 0 aromatic heterocycles. The molecule has 0 aromatic carbocycles. The standard InChI is InChI=1S/2C7H12/c2*1-6-3-4-7(2)5-6/h2*3,7H,4-5H2,1-2H3. The molecule has 0 heterocycles. The molecule has 2 rings (SSSR count). The van der Waals surface area contributed by atoms with E-state index < -0.39 is 0 Å². The molecule has 0 spiro atoms. The third kappa shape index (κ3) is 4.13.